The van der Waals surface area contributed by atoms with Gasteiger partial charge in [-0.2, -0.15) is 4.37 Å². The molecule has 2 rings (SSSR count). The molecule has 0 aliphatic heterocycles. The Morgan fingerprint density at radius 1 is 1.46 bits per heavy atom. The second-order valence-corrected chi connectivity index (χ2v) is 4.84. The molecule has 0 saturated heterocycles. The van der Waals surface area contributed by atoms with Gasteiger partial charge in [0.2, 0.25) is 0 Å². The highest BCUT2D eigenvalue weighted by atomic mass is 32.2. The number of nitrogens with zero attached hydrogens (tertiary/aromatic N) is 1. The number of carboxylic acid groups (broad SMARTS) is 1. The van der Waals surface area contributed by atoms with Gasteiger partial charge in [-0.1, -0.05) is 0 Å². The lowest BCUT2D eigenvalue weighted by Crippen LogP contribution is -1.94. The molecule has 0 amide bonds. The van der Waals surface area contributed by atoms with Crippen LogP contribution in [0, 0.1) is 13.8 Å². The second kappa shape index (κ2) is 2.78. The highest BCUT2D eigenvalue weighted by Gasteiger charge is 2.17. The van der Waals surface area contributed by atoms with Crippen molar-refractivity contribution in [1.29, 1.82) is 0 Å². The van der Waals surface area contributed by atoms with Crippen LogP contribution in [-0.2, 0) is 0 Å². The zero-order chi connectivity index (χ0) is 9.59. The van der Waals surface area contributed by atoms with Crippen LogP contribution in [0.25, 0.3) is 9.40 Å². The van der Waals surface area contributed by atoms with Gasteiger partial charge >= 0.3 is 5.97 Å². The van der Waals surface area contributed by atoms with Crippen LogP contribution in [0.5, 0.6) is 0 Å². The number of fused-ring (bicyclic) bond motifs is 1. The van der Waals surface area contributed by atoms with Crippen LogP contribution >= 0.6 is 22.9 Å². The maximum atomic E-state index is 10.8. The number of aromatic carboxylic acids is 1. The summed E-state index contributed by atoms with van der Waals surface area (Å²) in [7, 11) is 0. The zero-order valence-corrected chi connectivity index (χ0v) is 8.75. The van der Waals surface area contributed by atoms with Crippen molar-refractivity contribution < 1.29 is 9.90 Å². The molecular weight excluding hydrogens is 206 g/mol. The van der Waals surface area contributed by atoms with E-state index in [-0.39, 0.29) is 0 Å². The summed E-state index contributed by atoms with van der Waals surface area (Å²) in [6, 6.07) is 0. The molecule has 2 aromatic heterocycles. The van der Waals surface area contributed by atoms with Crippen LogP contribution in [0.4, 0.5) is 0 Å². The molecule has 0 bridgehead atoms. The van der Waals surface area contributed by atoms with Crippen molar-refractivity contribution in [2.75, 3.05) is 0 Å². The summed E-state index contributed by atoms with van der Waals surface area (Å²) in [5, 5.41) is 9.89. The van der Waals surface area contributed by atoms with E-state index in [2.05, 4.69) is 4.37 Å². The molecule has 0 aliphatic rings. The number of hydrogen-bond donors (Lipinski definition) is 1. The van der Waals surface area contributed by atoms with Gasteiger partial charge in [-0.25, -0.2) is 4.79 Å². The van der Waals surface area contributed by atoms with Crippen LogP contribution in [-0.4, -0.2) is 15.4 Å². The summed E-state index contributed by atoms with van der Waals surface area (Å²) < 4.78 is 5.18. The molecule has 0 saturated carbocycles. The van der Waals surface area contributed by atoms with Gasteiger partial charge in [0.15, 0.2) is 0 Å². The molecule has 0 radical (unpaired) electrons. The van der Waals surface area contributed by atoms with Gasteiger partial charge in [0.25, 0.3) is 0 Å². The van der Waals surface area contributed by atoms with Gasteiger partial charge in [-0.3, -0.25) is 0 Å². The Kier molecular flexibility index (Phi) is 1.85. The molecule has 2 heterocycles. The molecular formula is C8H7NO2S2. The Bertz CT molecular complexity index is 484. The first kappa shape index (κ1) is 8.65. The molecule has 3 nitrogen and oxygen atoms in total. The number of aryl methyl sites for hydroxylation is 2. The minimum atomic E-state index is -0.842. The van der Waals surface area contributed by atoms with Gasteiger partial charge in [0.1, 0.15) is 8.89 Å². The maximum Gasteiger partial charge on any atom is 0.346 e. The van der Waals surface area contributed by atoms with E-state index in [1.807, 2.05) is 13.8 Å². The first-order valence-corrected chi connectivity index (χ1v) is 5.29. The van der Waals surface area contributed by atoms with Gasteiger partial charge in [-0.05, 0) is 30.9 Å². The van der Waals surface area contributed by atoms with Crippen LogP contribution in [0.1, 0.15) is 20.9 Å². The van der Waals surface area contributed by atoms with Gasteiger partial charge < -0.3 is 5.11 Å². The first-order valence-electron chi connectivity index (χ1n) is 3.70. The third kappa shape index (κ3) is 1.15. The molecule has 0 aromatic carbocycles. The summed E-state index contributed by atoms with van der Waals surface area (Å²) in [6.07, 6.45) is 0. The van der Waals surface area contributed by atoms with E-state index >= 15 is 0 Å². The van der Waals surface area contributed by atoms with Crippen molar-refractivity contribution >= 4 is 38.2 Å². The van der Waals surface area contributed by atoms with E-state index in [0.29, 0.717) is 4.88 Å². The van der Waals surface area contributed by atoms with Crippen molar-refractivity contribution in [2.24, 2.45) is 0 Å². The van der Waals surface area contributed by atoms with E-state index < -0.39 is 5.97 Å². The fourth-order valence-electron chi connectivity index (χ4n) is 1.33. The summed E-state index contributed by atoms with van der Waals surface area (Å²) in [5.74, 6) is -0.842. The lowest BCUT2D eigenvalue weighted by molar-refractivity contribution is 0.0701. The Hall–Kier alpha value is -0.940. The van der Waals surface area contributed by atoms with Crippen molar-refractivity contribution in [2.45, 2.75) is 13.8 Å². The standard InChI is InChI=1S/C8H7NO2S2/c1-3-5-4(2)9-13-8(5)12-6(3)7(10)11/h1-2H3,(H,10,11). The fraction of sp³-hybridized carbons (Fsp3) is 0.250. The molecule has 0 unspecified atom stereocenters. The average molecular weight is 213 g/mol. The topological polar surface area (TPSA) is 50.2 Å². The summed E-state index contributed by atoms with van der Waals surface area (Å²) >= 11 is 2.68. The van der Waals surface area contributed by atoms with Crippen LogP contribution in [0.2, 0.25) is 0 Å². The van der Waals surface area contributed by atoms with E-state index in [1.54, 1.807) is 0 Å². The van der Waals surface area contributed by atoms with Crippen LogP contribution in [0.3, 0.4) is 0 Å². The lowest BCUT2D eigenvalue weighted by Gasteiger charge is -1.90. The number of carboxylic acids is 1. The van der Waals surface area contributed by atoms with Gasteiger partial charge in [0, 0.05) is 5.39 Å². The molecule has 0 spiro atoms. The summed E-state index contributed by atoms with van der Waals surface area (Å²) in [4.78, 5) is 11.2. The van der Waals surface area contributed by atoms with E-state index in [9.17, 15) is 4.79 Å². The van der Waals surface area contributed by atoms with E-state index in [1.165, 1.54) is 22.9 Å². The predicted molar refractivity (Wildman–Crippen MR) is 53.9 cm³/mol. The molecule has 68 valence electrons. The number of carbonyl (C=O) groups is 1. The number of hydrogen-bond acceptors (Lipinski definition) is 4. The monoisotopic (exact) mass is 213 g/mol. The minimum absolute atomic E-state index is 0.437. The molecule has 0 atom stereocenters. The van der Waals surface area contributed by atoms with E-state index in [4.69, 9.17) is 5.11 Å². The zero-order valence-electron chi connectivity index (χ0n) is 7.12. The predicted octanol–water partition coefficient (Wildman–Crippen LogP) is 2.67. The molecule has 0 fully saturated rings. The quantitative estimate of drug-likeness (QED) is 0.792. The summed E-state index contributed by atoms with van der Waals surface area (Å²) in [6.45, 7) is 3.74. The fourth-order valence-corrected chi connectivity index (χ4v) is 3.47. The highest BCUT2D eigenvalue weighted by molar-refractivity contribution is 7.37. The SMILES string of the molecule is Cc1nsc2sc(C(=O)O)c(C)c12. The number of aromatic nitrogens is 1. The molecule has 13 heavy (non-hydrogen) atoms. The van der Waals surface area contributed by atoms with Crippen molar-refractivity contribution in [3.05, 3.63) is 16.1 Å². The molecule has 2 aromatic rings. The summed E-state index contributed by atoms with van der Waals surface area (Å²) in [5.41, 5.74) is 1.78. The smallest absolute Gasteiger partial charge is 0.346 e. The third-order valence-corrected chi connectivity index (χ3v) is 4.22. The third-order valence-electron chi connectivity index (χ3n) is 1.94. The van der Waals surface area contributed by atoms with Crippen LogP contribution in [0.15, 0.2) is 0 Å². The van der Waals surface area contributed by atoms with Gasteiger partial charge in [0.05, 0.1) is 5.69 Å². The largest absolute Gasteiger partial charge is 0.477 e. The molecule has 1 N–H and O–H groups in total. The van der Waals surface area contributed by atoms with Crippen molar-refractivity contribution in [1.82, 2.24) is 4.37 Å². The van der Waals surface area contributed by atoms with Gasteiger partial charge in [-0.15, -0.1) is 11.3 Å². The highest BCUT2D eigenvalue weighted by Crippen LogP contribution is 2.35. The van der Waals surface area contributed by atoms with E-state index in [0.717, 1.165) is 20.7 Å². The van der Waals surface area contributed by atoms with Crippen molar-refractivity contribution in [3.8, 4) is 0 Å². The maximum absolute atomic E-state index is 10.8. The Morgan fingerprint density at radius 3 is 2.69 bits per heavy atom. The molecule has 0 aliphatic carbocycles. The number of thiophene rings is 1. The average Bonchev–Trinajstić information content (AvgIpc) is 2.55. The minimum Gasteiger partial charge on any atom is -0.477 e. The first-order chi connectivity index (χ1) is 6.11. The second-order valence-electron chi connectivity index (χ2n) is 2.79. The Morgan fingerprint density at radius 2 is 2.15 bits per heavy atom. The number of rotatable bonds is 1. The lowest BCUT2D eigenvalue weighted by atomic mass is 10.2. The Labute approximate surface area is 82.8 Å². The molecule has 5 heteroatoms. The van der Waals surface area contributed by atoms with Crippen LogP contribution < -0.4 is 0 Å². The normalized spacial score (nSPS) is 10.9. The Balaban J connectivity index is 2.82. The van der Waals surface area contributed by atoms with Crippen molar-refractivity contribution in [3.63, 3.8) is 0 Å².